The third-order valence-electron chi connectivity index (χ3n) is 3.72. The minimum Gasteiger partial charge on any atom is -0.480 e. The maximum absolute atomic E-state index is 12.8. The van der Waals surface area contributed by atoms with Crippen molar-refractivity contribution in [2.45, 2.75) is 19.9 Å². The first-order chi connectivity index (χ1) is 10.9. The van der Waals surface area contributed by atoms with Gasteiger partial charge in [-0.15, -0.1) is 11.3 Å². The number of aromatic nitrogens is 2. The number of benzene rings is 1. The van der Waals surface area contributed by atoms with Gasteiger partial charge in [0.2, 0.25) is 0 Å². The molecule has 5 nitrogen and oxygen atoms in total. The molecule has 7 heteroatoms. The van der Waals surface area contributed by atoms with E-state index in [1.54, 1.807) is 12.1 Å². The summed E-state index contributed by atoms with van der Waals surface area (Å²) in [7, 11) is 0. The number of carboxylic acids is 1. The standard InChI is InChI=1S/C16H13ClN2O3S/c1-8(16(21)22)19-7-18-14-13(15(19)20)12(9(2)23-14)10-3-5-11(17)6-4-10/h3-8H,1-2H3,(H,21,22)/t8-/m1/s1. The van der Waals surface area contributed by atoms with E-state index in [0.717, 1.165) is 20.6 Å². The molecule has 1 atom stereocenters. The molecule has 23 heavy (non-hydrogen) atoms. The Kier molecular flexibility index (Phi) is 3.95. The lowest BCUT2D eigenvalue weighted by molar-refractivity contribution is -0.140. The maximum atomic E-state index is 12.8. The van der Waals surface area contributed by atoms with E-state index >= 15 is 0 Å². The molecule has 0 fully saturated rings. The van der Waals surface area contributed by atoms with Crippen LogP contribution in [0.3, 0.4) is 0 Å². The lowest BCUT2D eigenvalue weighted by atomic mass is 10.0. The van der Waals surface area contributed by atoms with Gasteiger partial charge in [0.05, 0.1) is 11.7 Å². The highest BCUT2D eigenvalue weighted by atomic mass is 35.5. The van der Waals surface area contributed by atoms with Gasteiger partial charge in [-0.2, -0.15) is 0 Å². The summed E-state index contributed by atoms with van der Waals surface area (Å²) in [6.07, 6.45) is 1.30. The van der Waals surface area contributed by atoms with Crippen molar-refractivity contribution in [1.82, 2.24) is 9.55 Å². The first-order valence-electron chi connectivity index (χ1n) is 6.89. The normalized spacial score (nSPS) is 12.5. The number of hydrogen-bond donors (Lipinski definition) is 1. The van der Waals surface area contributed by atoms with Crippen LogP contribution in [0.4, 0.5) is 0 Å². The molecule has 0 radical (unpaired) electrons. The third-order valence-corrected chi connectivity index (χ3v) is 4.99. The maximum Gasteiger partial charge on any atom is 0.326 e. The number of aliphatic carboxylic acids is 1. The van der Waals surface area contributed by atoms with Gasteiger partial charge < -0.3 is 5.11 Å². The molecule has 2 heterocycles. The summed E-state index contributed by atoms with van der Waals surface area (Å²) < 4.78 is 1.15. The average Bonchev–Trinajstić information content (AvgIpc) is 2.85. The number of carbonyl (C=O) groups is 1. The van der Waals surface area contributed by atoms with E-state index in [-0.39, 0.29) is 5.56 Å². The number of aryl methyl sites for hydroxylation is 1. The molecule has 0 aliphatic rings. The molecule has 0 unspecified atom stereocenters. The molecule has 0 saturated heterocycles. The van der Waals surface area contributed by atoms with Crippen molar-refractivity contribution in [1.29, 1.82) is 0 Å². The largest absolute Gasteiger partial charge is 0.480 e. The van der Waals surface area contributed by atoms with Crippen molar-refractivity contribution in [2.24, 2.45) is 0 Å². The van der Waals surface area contributed by atoms with E-state index < -0.39 is 12.0 Å². The summed E-state index contributed by atoms with van der Waals surface area (Å²) in [6.45, 7) is 3.37. The van der Waals surface area contributed by atoms with Crippen LogP contribution in [0.15, 0.2) is 35.4 Å². The van der Waals surface area contributed by atoms with Crippen LogP contribution in [-0.4, -0.2) is 20.6 Å². The van der Waals surface area contributed by atoms with Crippen molar-refractivity contribution < 1.29 is 9.90 Å². The Morgan fingerprint density at radius 3 is 2.61 bits per heavy atom. The zero-order chi connectivity index (χ0) is 16.7. The van der Waals surface area contributed by atoms with Gasteiger partial charge in [0.1, 0.15) is 10.9 Å². The summed E-state index contributed by atoms with van der Waals surface area (Å²) in [5.74, 6) is -1.08. The number of halogens is 1. The summed E-state index contributed by atoms with van der Waals surface area (Å²) >= 11 is 7.34. The zero-order valence-corrected chi connectivity index (χ0v) is 14.0. The Labute approximate surface area is 140 Å². The highest BCUT2D eigenvalue weighted by molar-refractivity contribution is 7.19. The van der Waals surface area contributed by atoms with Gasteiger partial charge in [-0.05, 0) is 31.5 Å². The van der Waals surface area contributed by atoms with Crippen LogP contribution in [0.1, 0.15) is 17.8 Å². The summed E-state index contributed by atoms with van der Waals surface area (Å²) in [6, 6.07) is 6.23. The highest BCUT2D eigenvalue weighted by Crippen LogP contribution is 2.35. The van der Waals surface area contributed by atoms with E-state index in [9.17, 15) is 9.59 Å². The Morgan fingerprint density at radius 1 is 1.35 bits per heavy atom. The third kappa shape index (κ3) is 2.64. The van der Waals surface area contributed by atoms with Gasteiger partial charge >= 0.3 is 5.97 Å². The van der Waals surface area contributed by atoms with Crippen molar-refractivity contribution in [3.8, 4) is 11.1 Å². The molecule has 1 aromatic carbocycles. The fourth-order valence-electron chi connectivity index (χ4n) is 2.47. The van der Waals surface area contributed by atoms with Crippen molar-refractivity contribution in [3.05, 3.63) is 50.8 Å². The van der Waals surface area contributed by atoms with Crippen LogP contribution in [0.2, 0.25) is 5.02 Å². The molecule has 118 valence electrons. The quantitative estimate of drug-likeness (QED) is 0.782. The topological polar surface area (TPSA) is 72.2 Å². The van der Waals surface area contributed by atoms with Crippen molar-refractivity contribution >= 4 is 39.1 Å². The van der Waals surface area contributed by atoms with Gasteiger partial charge in [0, 0.05) is 15.5 Å². The fourth-order valence-corrected chi connectivity index (χ4v) is 3.60. The van der Waals surface area contributed by atoms with Crippen LogP contribution in [0.25, 0.3) is 21.3 Å². The SMILES string of the molecule is Cc1sc2ncn([C@H](C)C(=O)O)c(=O)c2c1-c1ccc(Cl)cc1. The lowest BCUT2D eigenvalue weighted by Gasteiger charge is -2.10. The minimum atomic E-state index is -1.08. The highest BCUT2D eigenvalue weighted by Gasteiger charge is 2.21. The molecule has 0 aliphatic heterocycles. The van der Waals surface area contributed by atoms with Crippen LogP contribution < -0.4 is 5.56 Å². The monoisotopic (exact) mass is 348 g/mol. The van der Waals surface area contributed by atoms with Gasteiger partial charge in [-0.3, -0.25) is 9.36 Å². The Bertz CT molecular complexity index is 960. The molecule has 3 rings (SSSR count). The molecule has 0 amide bonds. The van der Waals surface area contributed by atoms with Crippen molar-refractivity contribution in [3.63, 3.8) is 0 Å². The summed E-state index contributed by atoms with van der Waals surface area (Å²) in [5, 5.41) is 10.2. The number of hydrogen-bond acceptors (Lipinski definition) is 4. The molecular weight excluding hydrogens is 336 g/mol. The van der Waals surface area contributed by atoms with E-state index in [4.69, 9.17) is 16.7 Å². The first-order valence-corrected chi connectivity index (χ1v) is 8.08. The van der Waals surface area contributed by atoms with Gasteiger partial charge in [0.15, 0.2) is 0 Å². The Morgan fingerprint density at radius 2 is 2.00 bits per heavy atom. The van der Waals surface area contributed by atoms with Crippen LogP contribution in [0, 0.1) is 6.92 Å². The minimum absolute atomic E-state index is 0.348. The Hall–Kier alpha value is -2.18. The first kappa shape index (κ1) is 15.7. The number of thiophene rings is 1. The average molecular weight is 349 g/mol. The summed E-state index contributed by atoms with van der Waals surface area (Å²) in [4.78, 5) is 29.8. The fraction of sp³-hybridized carbons (Fsp3) is 0.188. The second kappa shape index (κ2) is 5.79. The predicted octanol–water partition coefficient (Wildman–Crippen LogP) is 3.73. The van der Waals surface area contributed by atoms with Crippen molar-refractivity contribution in [2.75, 3.05) is 0 Å². The van der Waals surface area contributed by atoms with E-state index in [2.05, 4.69) is 4.98 Å². The second-order valence-electron chi connectivity index (χ2n) is 5.19. The van der Waals surface area contributed by atoms with E-state index in [0.29, 0.717) is 15.2 Å². The van der Waals surface area contributed by atoms with Gasteiger partial charge in [-0.1, -0.05) is 23.7 Å². The van der Waals surface area contributed by atoms with Gasteiger partial charge in [0.25, 0.3) is 5.56 Å². The number of nitrogens with zero attached hydrogens (tertiary/aromatic N) is 2. The zero-order valence-electron chi connectivity index (χ0n) is 12.4. The molecule has 0 spiro atoms. The Balaban J connectivity index is 2.32. The molecule has 0 aliphatic carbocycles. The number of fused-ring (bicyclic) bond motifs is 1. The summed E-state index contributed by atoms with van der Waals surface area (Å²) in [5.41, 5.74) is 1.29. The van der Waals surface area contributed by atoms with E-state index in [1.165, 1.54) is 24.6 Å². The predicted molar refractivity (Wildman–Crippen MR) is 91.4 cm³/mol. The second-order valence-corrected chi connectivity index (χ2v) is 6.83. The molecule has 0 bridgehead atoms. The molecule has 1 N–H and O–H groups in total. The van der Waals surface area contributed by atoms with Crippen LogP contribution >= 0.6 is 22.9 Å². The van der Waals surface area contributed by atoms with Gasteiger partial charge in [-0.25, -0.2) is 9.78 Å². The number of carboxylic acid groups (broad SMARTS) is 1. The molecule has 3 aromatic rings. The smallest absolute Gasteiger partial charge is 0.326 e. The molecular formula is C16H13ClN2O3S. The lowest BCUT2D eigenvalue weighted by Crippen LogP contribution is -2.28. The van der Waals surface area contributed by atoms with Crippen LogP contribution in [-0.2, 0) is 4.79 Å². The van der Waals surface area contributed by atoms with Crippen LogP contribution in [0.5, 0.6) is 0 Å². The number of rotatable bonds is 3. The molecule has 2 aromatic heterocycles. The molecule has 0 saturated carbocycles. The van der Waals surface area contributed by atoms with E-state index in [1.807, 2.05) is 19.1 Å².